The second-order valence-corrected chi connectivity index (χ2v) is 15.6. The zero-order valence-corrected chi connectivity index (χ0v) is 33.0. The van der Waals surface area contributed by atoms with Crippen molar-refractivity contribution in [2.45, 2.75) is 86.4 Å². The lowest BCUT2D eigenvalue weighted by Gasteiger charge is -2.43. The second-order valence-electron chi connectivity index (χ2n) is 15.6. The van der Waals surface area contributed by atoms with Gasteiger partial charge in [0.2, 0.25) is 12.0 Å². The van der Waals surface area contributed by atoms with Gasteiger partial charge in [-0.2, -0.15) is 0 Å². The topological polar surface area (TPSA) is 268 Å². The Hall–Kier alpha value is -6.17. The maximum atomic E-state index is 12.4. The van der Waals surface area contributed by atoms with Gasteiger partial charge in [0.05, 0.1) is 30.3 Å². The molecule has 18 nitrogen and oxygen atoms in total. The van der Waals surface area contributed by atoms with Crippen molar-refractivity contribution in [1.82, 2.24) is 4.90 Å². The molecule has 62 heavy (non-hydrogen) atoms. The highest BCUT2D eigenvalue weighted by molar-refractivity contribution is 5.90. The van der Waals surface area contributed by atoms with Gasteiger partial charge in [-0.1, -0.05) is 48.2 Å². The number of benzene rings is 3. The third-order valence-corrected chi connectivity index (χ3v) is 11.6. The normalized spacial score (nSPS) is 28.0. The van der Waals surface area contributed by atoms with E-state index in [1.165, 1.54) is 0 Å². The molecule has 0 spiro atoms. The molecule has 1 fully saturated rings. The molecule has 10 atom stereocenters. The standard InChI is InChI=1S/C44H44N4O14/c45-43(46)42(60-31(52)16-30(50)51)41-35(54)34(53)36(55)44(62-41)58-24-14-23(18-48-17-22-11-12-47-27(22)19-48)32-29(15-24)59-37-25(21-6-2-1-3-7-21)8-4-5-13-56-39-28(57-20-49)10-9-26-33(37)40(32)61-38(26)39/h1-3,6-7,9-12,14-15,19,25,33-37,40-44,49,53-55H,5,13,16-18,20,45-46H2,(H,50,51). The molecule has 0 amide bonds. The summed E-state index contributed by atoms with van der Waals surface area (Å²) < 4.78 is 43.4. The van der Waals surface area contributed by atoms with E-state index in [9.17, 15) is 30.0 Å². The fraction of sp³-hybridized carbons (Fsp3) is 0.386. The summed E-state index contributed by atoms with van der Waals surface area (Å²) >= 11 is 0. The molecule has 0 saturated carbocycles. The number of rotatable bonds is 12. The van der Waals surface area contributed by atoms with Crippen molar-refractivity contribution < 1.29 is 68.3 Å². The van der Waals surface area contributed by atoms with E-state index in [0.717, 1.165) is 22.4 Å². The van der Waals surface area contributed by atoms with Crippen LogP contribution in [-0.4, -0.2) is 118 Å². The molecule has 1 saturated heterocycles. The largest absolute Gasteiger partial charge is 0.487 e. The number of nitrogens with two attached hydrogens (primary N) is 2. The molecule has 18 heteroatoms. The number of aliphatic imine (C=N–C) groups is 1. The number of nitrogens with zero attached hydrogens (tertiary/aromatic N) is 2. The summed E-state index contributed by atoms with van der Waals surface area (Å²) in [5.74, 6) is 4.67. The van der Waals surface area contributed by atoms with E-state index in [4.69, 9.17) is 49.7 Å². The van der Waals surface area contributed by atoms with Gasteiger partial charge in [-0.15, -0.1) is 0 Å². The summed E-state index contributed by atoms with van der Waals surface area (Å²) in [5.41, 5.74) is 16.8. The number of aliphatic hydroxyl groups is 4. The molecule has 0 radical (unpaired) electrons. The average molecular weight is 853 g/mol. The van der Waals surface area contributed by atoms with E-state index in [1.807, 2.05) is 48.7 Å². The third-order valence-electron chi connectivity index (χ3n) is 11.6. The van der Waals surface area contributed by atoms with Crippen molar-refractivity contribution in [3.8, 4) is 40.6 Å². The van der Waals surface area contributed by atoms with Crippen LogP contribution in [0, 0.1) is 11.8 Å². The van der Waals surface area contributed by atoms with E-state index in [-0.39, 0.29) is 12.4 Å². The summed E-state index contributed by atoms with van der Waals surface area (Å²) in [6.45, 7) is 0.498. The van der Waals surface area contributed by atoms with Crippen LogP contribution in [-0.2, 0) is 25.6 Å². The number of hydrogen-bond donors (Lipinski definition) is 7. The van der Waals surface area contributed by atoms with Crippen LogP contribution in [0.2, 0.25) is 0 Å². The van der Waals surface area contributed by atoms with E-state index in [1.54, 1.807) is 24.4 Å². The van der Waals surface area contributed by atoms with Crippen LogP contribution in [0.15, 0.2) is 83.1 Å². The molecule has 3 aromatic carbocycles. The number of fused-ring (bicyclic) bond motifs is 3. The number of carboxylic acids is 1. The Labute approximate surface area is 354 Å². The maximum Gasteiger partial charge on any atom is 0.317 e. The van der Waals surface area contributed by atoms with Crippen LogP contribution in [0.25, 0.3) is 0 Å². The van der Waals surface area contributed by atoms with Crippen LogP contribution in [0.5, 0.6) is 28.7 Å². The van der Waals surface area contributed by atoms with Crippen LogP contribution in [0.3, 0.4) is 0 Å². The SMILES string of the molecule is NC(N)C(OC(=O)CC(=O)O)C1OC(Oc2cc(CN3C=C4N=CC=C4C3)c3c(c2)OC2C(c4ccccc4)C#CCCOc4c(OCO)ccc5c4OC3C52)C(O)C(O)C1O. The molecule has 4 bridgehead atoms. The highest BCUT2D eigenvalue weighted by atomic mass is 16.7. The van der Waals surface area contributed by atoms with Crippen molar-refractivity contribution in [3.05, 3.63) is 100 Å². The van der Waals surface area contributed by atoms with Crippen molar-refractivity contribution in [3.63, 3.8) is 0 Å². The van der Waals surface area contributed by atoms with E-state index in [0.29, 0.717) is 53.6 Å². The minimum atomic E-state index is -1.91. The van der Waals surface area contributed by atoms with Gasteiger partial charge in [0.15, 0.2) is 24.4 Å². The molecule has 9 rings (SSSR count). The first-order valence-corrected chi connectivity index (χ1v) is 20.0. The number of carbonyl (C=O) groups excluding carboxylic acids is 1. The molecular formula is C44H44N4O14. The number of aliphatic hydroxyl groups excluding tert-OH is 4. The number of ether oxygens (including phenoxy) is 7. The van der Waals surface area contributed by atoms with Crippen LogP contribution in [0.4, 0.5) is 0 Å². The molecule has 6 heterocycles. The van der Waals surface area contributed by atoms with Gasteiger partial charge < -0.3 is 75.1 Å². The summed E-state index contributed by atoms with van der Waals surface area (Å²) in [4.78, 5) is 30.1. The Bertz CT molecular complexity index is 2390. The van der Waals surface area contributed by atoms with Crippen LogP contribution < -0.4 is 35.2 Å². The number of aliphatic carboxylic acids is 1. The molecule has 0 aliphatic carbocycles. The lowest BCUT2D eigenvalue weighted by molar-refractivity contribution is -0.291. The number of esters is 1. The van der Waals surface area contributed by atoms with Gasteiger partial charge >= 0.3 is 11.9 Å². The molecule has 6 aliphatic rings. The van der Waals surface area contributed by atoms with Gasteiger partial charge in [0.25, 0.3) is 0 Å². The molecule has 6 aliphatic heterocycles. The first-order valence-electron chi connectivity index (χ1n) is 20.0. The summed E-state index contributed by atoms with van der Waals surface area (Å²) in [5, 5.41) is 52.1. The highest BCUT2D eigenvalue weighted by Crippen LogP contribution is 2.61. The van der Waals surface area contributed by atoms with Crippen LogP contribution >= 0.6 is 0 Å². The van der Waals surface area contributed by atoms with Crippen molar-refractivity contribution in [2.75, 3.05) is 19.9 Å². The van der Waals surface area contributed by atoms with Crippen LogP contribution in [0.1, 0.15) is 53.0 Å². The second kappa shape index (κ2) is 16.9. The fourth-order valence-electron chi connectivity index (χ4n) is 8.83. The summed E-state index contributed by atoms with van der Waals surface area (Å²) in [7, 11) is 0. The average Bonchev–Trinajstić information content (AvgIpc) is 3.96. The monoisotopic (exact) mass is 852 g/mol. The third kappa shape index (κ3) is 7.68. The van der Waals surface area contributed by atoms with Gasteiger partial charge in [-0.05, 0) is 29.3 Å². The Kier molecular flexibility index (Phi) is 11.3. The van der Waals surface area contributed by atoms with Crippen molar-refractivity contribution in [1.29, 1.82) is 0 Å². The van der Waals surface area contributed by atoms with Gasteiger partial charge in [0.1, 0.15) is 54.5 Å². The lowest BCUT2D eigenvalue weighted by atomic mass is 9.76. The van der Waals surface area contributed by atoms with Crippen molar-refractivity contribution >= 4 is 18.2 Å². The minimum Gasteiger partial charge on any atom is -0.487 e. The van der Waals surface area contributed by atoms with E-state index < -0.39 is 92.2 Å². The highest BCUT2D eigenvalue weighted by Gasteiger charge is 2.53. The first kappa shape index (κ1) is 41.2. The summed E-state index contributed by atoms with van der Waals surface area (Å²) in [6.07, 6.45) is -8.53. The number of allylic oxidation sites excluding steroid dienone is 1. The number of hydrogen-bond acceptors (Lipinski definition) is 17. The summed E-state index contributed by atoms with van der Waals surface area (Å²) in [6, 6.07) is 16.7. The number of carbonyl (C=O) groups is 2. The van der Waals surface area contributed by atoms with Gasteiger partial charge in [-0.3, -0.25) is 14.6 Å². The predicted molar refractivity (Wildman–Crippen MR) is 215 cm³/mol. The van der Waals surface area contributed by atoms with Crippen molar-refractivity contribution in [2.24, 2.45) is 16.5 Å². The minimum absolute atomic E-state index is 0.115. The Morgan fingerprint density at radius 2 is 1.84 bits per heavy atom. The predicted octanol–water partition coefficient (Wildman–Crippen LogP) is 1.05. The molecule has 324 valence electrons. The molecule has 3 aromatic rings. The molecular weight excluding hydrogens is 808 g/mol. The first-order chi connectivity index (χ1) is 30.0. The molecule has 10 unspecified atom stereocenters. The van der Waals surface area contributed by atoms with Gasteiger partial charge in [0, 0.05) is 54.7 Å². The molecule has 0 aromatic heterocycles. The quantitative estimate of drug-likeness (QED) is 0.0581. The van der Waals surface area contributed by atoms with Gasteiger partial charge in [-0.25, -0.2) is 0 Å². The zero-order valence-electron chi connectivity index (χ0n) is 33.0. The zero-order chi connectivity index (χ0) is 43.2. The Morgan fingerprint density at radius 1 is 1.02 bits per heavy atom. The number of carboxylic acid groups (broad SMARTS) is 1. The lowest BCUT2D eigenvalue weighted by Crippen LogP contribution is -2.66. The maximum absolute atomic E-state index is 12.4. The molecule has 9 N–H and O–H groups in total. The van der Waals surface area contributed by atoms with E-state index >= 15 is 0 Å². The smallest absolute Gasteiger partial charge is 0.317 e. The Morgan fingerprint density at radius 3 is 2.60 bits per heavy atom. The van der Waals surface area contributed by atoms with E-state index in [2.05, 4.69) is 21.7 Å². The fourth-order valence-corrected chi connectivity index (χ4v) is 8.83. The Balaban J connectivity index is 1.14.